The lowest BCUT2D eigenvalue weighted by atomic mass is 9.96. The number of hydrogen-bond acceptors (Lipinski definition) is 7. The van der Waals surface area contributed by atoms with E-state index in [1.165, 1.54) is 29.2 Å². The van der Waals surface area contributed by atoms with Gasteiger partial charge in [0.15, 0.2) is 0 Å². The minimum Gasteiger partial charge on any atom is -0.330 e. The average Bonchev–Trinajstić information content (AvgIpc) is 3.60. The zero-order valence-corrected chi connectivity index (χ0v) is 29.6. The molecule has 0 unspecified atom stereocenters. The number of nitrogens with one attached hydrogen (secondary N) is 2. The van der Waals surface area contributed by atoms with E-state index in [9.17, 15) is 28.0 Å². The smallest absolute Gasteiger partial charge is 0.297 e. The summed E-state index contributed by atoms with van der Waals surface area (Å²) in [6, 6.07) is 23.0. The Morgan fingerprint density at radius 3 is 1.81 bits per heavy atom. The molecule has 13 heteroatoms. The molecule has 3 aromatic carbocycles. The molecule has 2 N–H and O–H groups in total. The zero-order chi connectivity index (χ0) is 37.9. The number of pyridine rings is 1. The van der Waals surface area contributed by atoms with E-state index in [4.69, 9.17) is 0 Å². The van der Waals surface area contributed by atoms with Crippen LogP contribution < -0.4 is 10.6 Å². The van der Waals surface area contributed by atoms with Crippen LogP contribution in [0.25, 0.3) is 12.2 Å². The summed E-state index contributed by atoms with van der Waals surface area (Å²) in [4.78, 5) is 59.9. The van der Waals surface area contributed by atoms with E-state index in [2.05, 4.69) is 25.8 Å². The highest BCUT2D eigenvalue weighted by molar-refractivity contribution is 6.02. The minimum atomic E-state index is -3.16. The van der Waals surface area contributed by atoms with E-state index in [1.54, 1.807) is 35.5 Å². The Morgan fingerprint density at radius 1 is 0.778 bits per heavy atom. The molecule has 4 amide bonds. The largest absolute Gasteiger partial charge is 0.330 e. The van der Waals surface area contributed by atoms with Gasteiger partial charge in [-0.3, -0.25) is 24.2 Å². The van der Waals surface area contributed by atoms with Crippen molar-refractivity contribution in [2.75, 3.05) is 23.7 Å². The van der Waals surface area contributed by atoms with Gasteiger partial charge in [-0.15, -0.1) is 10.2 Å². The van der Waals surface area contributed by atoms with Gasteiger partial charge in [-0.05, 0) is 84.8 Å². The molecular weight excluding hydrogens is 692 g/mol. The summed E-state index contributed by atoms with van der Waals surface area (Å²) in [6.45, 7) is 1.72. The highest BCUT2D eigenvalue weighted by atomic mass is 19.3. The highest BCUT2D eigenvalue weighted by Gasteiger charge is 2.60. The van der Waals surface area contributed by atoms with Crippen LogP contribution in [-0.4, -0.2) is 69.5 Å². The van der Waals surface area contributed by atoms with Crippen molar-refractivity contribution < 1.29 is 28.0 Å². The number of alkyl halides is 2. The van der Waals surface area contributed by atoms with Gasteiger partial charge in [0.25, 0.3) is 17.5 Å². The summed E-state index contributed by atoms with van der Waals surface area (Å²) in [6.07, 6.45) is 9.96. The SMILES string of the molecule is CC(F)(F)C1(c2ccc(C(=O)N3CCC[C@H]3C(=O)Nc3ccc(/C=C/c4ccc(NC(=O)[C@@H]5CCCN5C(=O)Cc5cccnc5)cc4)cc3)cc2)N=N1. The lowest BCUT2D eigenvalue weighted by molar-refractivity contribution is -0.136. The van der Waals surface area contributed by atoms with Crippen LogP contribution in [0.3, 0.4) is 0 Å². The number of amides is 4. The number of anilines is 2. The highest BCUT2D eigenvalue weighted by Crippen LogP contribution is 2.51. The Labute approximate surface area is 311 Å². The molecule has 3 aliphatic rings. The van der Waals surface area contributed by atoms with Crippen molar-refractivity contribution in [1.82, 2.24) is 14.8 Å². The van der Waals surface area contributed by atoms with E-state index in [0.29, 0.717) is 49.3 Å². The van der Waals surface area contributed by atoms with Crippen molar-refractivity contribution in [1.29, 1.82) is 0 Å². The molecule has 3 aliphatic heterocycles. The van der Waals surface area contributed by atoms with Crippen LogP contribution in [0.5, 0.6) is 0 Å². The summed E-state index contributed by atoms with van der Waals surface area (Å²) in [5.41, 5.74) is 2.47. The maximum Gasteiger partial charge on any atom is 0.297 e. The number of nitrogens with zero attached hydrogens (tertiary/aromatic N) is 5. The summed E-state index contributed by atoms with van der Waals surface area (Å²) in [5.74, 6) is -4.10. The van der Waals surface area contributed by atoms with Crippen molar-refractivity contribution in [2.45, 2.75) is 62.7 Å². The maximum atomic E-state index is 14.0. The first-order valence-electron chi connectivity index (χ1n) is 17.9. The number of halogens is 2. The maximum absolute atomic E-state index is 14.0. The van der Waals surface area contributed by atoms with Crippen LogP contribution >= 0.6 is 0 Å². The molecule has 11 nitrogen and oxygen atoms in total. The topological polar surface area (TPSA) is 136 Å². The molecule has 54 heavy (non-hydrogen) atoms. The molecule has 0 saturated carbocycles. The van der Waals surface area contributed by atoms with Crippen LogP contribution in [0.4, 0.5) is 20.2 Å². The van der Waals surface area contributed by atoms with Crippen LogP contribution in [0, 0.1) is 0 Å². The first-order valence-corrected chi connectivity index (χ1v) is 17.9. The lowest BCUT2D eigenvalue weighted by Crippen LogP contribution is -2.43. The number of aromatic nitrogens is 1. The van der Waals surface area contributed by atoms with Crippen LogP contribution in [0.15, 0.2) is 108 Å². The molecule has 276 valence electrons. The third kappa shape index (κ3) is 7.80. The number of carbonyl (C=O) groups excluding carboxylic acids is 4. The molecular formula is C41H39F2N7O4. The summed E-state index contributed by atoms with van der Waals surface area (Å²) < 4.78 is 28.0. The minimum absolute atomic E-state index is 0.0872. The van der Waals surface area contributed by atoms with E-state index in [-0.39, 0.29) is 35.6 Å². The predicted octanol–water partition coefficient (Wildman–Crippen LogP) is 6.94. The van der Waals surface area contributed by atoms with Gasteiger partial charge in [-0.2, -0.15) is 0 Å². The van der Waals surface area contributed by atoms with Crippen molar-refractivity contribution in [3.05, 3.63) is 125 Å². The Hall–Kier alpha value is -6.11. The van der Waals surface area contributed by atoms with Crippen LogP contribution in [0.1, 0.15) is 65.2 Å². The van der Waals surface area contributed by atoms with Crippen molar-refractivity contribution in [3.8, 4) is 0 Å². The molecule has 2 atom stereocenters. The number of rotatable bonds is 11. The van der Waals surface area contributed by atoms with Gasteiger partial charge in [-0.25, -0.2) is 8.78 Å². The monoisotopic (exact) mass is 731 g/mol. The van der Waals surface area contributed by atoms with Crippen molar-refractivity contribution in [3.63, 3.8) is 0 Å². The van der Waals surface area contributed by atoms with E-state index < -0.39 is 23.7 Å². The fourth-order valence-electron chi connectivity index (χ4n) is 7.00. The second-order valence-electron chi connectivity index (χ2n) is 13.8. The van der Waals surface area contributed by atoms with Crippen molar-refractivity contribution >= 4 is 47.2 Å². The standard InChI is InChI=1S/C41H39F2N7O4/c1-40(42,43)41(47-48-41)31-16-14-30(15-17-31)39(54)50-24-4-7-35(50)38(53)46-33-20-12-28(13-21-33)9-8-27-10-18-32(19-11-27)45-37(52)34-6-3-23-49(34)36(51)25-29-5-2-22-44-26-29/h2,5,8-22,26,34-35H,3-4,6-7,23-25H2,1H3,(H,45,52)(H,46,53)/b9-8+/t34-,35-/m0/s1. The summed E-state index contributed by atoms with van der Waals surface area (Å²) >= 11 is 0. The number of carbonyl (C=O) groups is 4. The predicted molar refractivity (Wildman–Crippen MR) is 199 cm³/mol. The van der Waals surface area contributed by atoms with Gasteiger partial charge in [0.1, 0.15) is 12.1 Å². The van der Waals surface area contributed by atoms with Crippen LogP contribution in [0.2, 0.25) is 0 Å². The molecule has 0 spiro atoms. The van der Waals surface area contributed by atoms with E-state index in [1.807, 2.05) is 54.6 Å². The van der Waals surface area contributed by atoms with Crippen molar-refractivity contribution in [2.24, 2.45) is 10.2 Å². The fourth-order valence-corrected chi connectivity index (χ4v) is 7.00. The molecule has 4 aromatic rings. The second-order valence-corrected chi connectivity index (χ2v) is 13.8. The Balaban J connectivity index is 0.898. The molecule has 0 radical (unpaired) electrons. The fraction of sp³-hybridized carbons (Fsp3) is 0.293. The van der Waals surface area contributed by atoms with E-state index in [0.717, 1.165) is 30.0 Å². The third-order valence-corrected chi connectivity index (χ3v) is 10.0. The van der Waals surface area contributed by atoms with Gasteiger partial charge >= 0.3 is 0 Å². The van der Waals surface area contributed by atoms with E-state index >= 15 is 0 Å². The van der Waals surface area contributed by atoms with Gasteiger partial charge in [-0.1, -0.05) is 54.6 Å². The number of likely N-dealkylation sites (tertiary alicyclic amines) is 2. The quantitative estimate of drug-likeness (QED) is 0.161. The normalized spacial score (nSPS) is 18.9. The van der Waals surface area contributed by atoms with Crippen LogP contribution in [-0.2, 0) is 26.5 Å². The van der Waals surface area contributed by atoms with Gasteiger partial charge in [0, 0.05) is 54.9 Å². The molecule has 0 aliphatic carbocycles. The number of hydrogen-bond donors (Lipinski definition) is 2. The zero-order valence-electron chi connectivity index (χ0n) is 29.6. The van der Waals surface area contributed by atoms with Gasteiger partial charge < -0.3 is 20.4 Å². The summed E-state index contributed by atoms with van der Waals surface area (Å²) in [7, 11) is 0. The first-order chi connectivity index (χ1) is 26.0. The molecule has 0 bridgehead atoms. The Morgan fingerprint density at radius 2 is 1.31 bits per heavy atom. The van der Waals surface area contributed by atoms with Gasteiger partial charge in [0.2, 0.25) is 17.7 Å². The summed E-state index contributed by atoms with van der Waals surface area (Å²) in [5, 5.41) is 13.0. The molecule has 2 saturated heterocycles. The number of benzene rings is 3. The molecule has 1 aromatic heterocycles. The first kappa shape index (κ1) is 36.3. The average molecular weight is 732 g/mol. The lowest BCUT2D eigenvalue weighted by Gasteiger charge is -2.24. The molecule has 2 fully saturated rings. The Kier molecular flexibility index (Phi) is 10.1. The Bertz CT molecular complexity index is 2080. The second kappa shape index (κ2) is 15.1. The molecule has 4 heterocycles. The van der Waals surface area contributed by atoms with Gasteiger partial charge in [0.05, 0.1) is 6.42 Å². The molecule has 7 rings (SSSR count). The third-order valence-electron chi connectivity index (χ3n) is 10.0.